The van der Waals surface area contributed by atoms with Gasteiger partial charge in [-0.05, 0) is 44.5 Å². The van der Waals surface area contributed by atoms with Crippen molar-refractivity contribution in [3.05, 3.63) is 70.8 Å². The van der Waals surface area contributed by atoms with E-state index < -0.39 is 0 Å². The minimum Gasteiger partial charge on any atom is -0.316 e. The van der Waals surface area contributed by atoms with E-state index in [1.54, 1.807) is 0 Å². The Kier molecular flexibility index (Phi) is 4.39. The van der Waals surface area contributed by atoms with E-state index in [2.05, 4.69) is 74.6 Å². The van der Waals surface area contributed by atoms with Crippen LogP contribution in [0.2, 0.25) is 0 Å². The number of hydrogen-bond acceptors (Lipinski definition) is 1. The second-order valence-electron chi connectivity index (χ2n) is 5.33. The molecule has 0 radical (unpaired) electrons. The zero-order chi connectivity index (χ0) is 13.8. The summed E-state index contributed by atoms with van der Waals surface area (Å²) in [7, 11) is 2.03. The van der Waals surface area contributed by atoms with Crippen LogP contribution in [0.3, 0.4) is 0 Å². The molecule has 0 spiro atoms. The third-order valence-electron chi connectivity index (χ3n) is 3.88. The number of hydrogen-bond donors (Lipinski definition) is 1. The third-order valence-corrected chi connectivity index (χ3v) is 3.88. The minimum absolute atomic E-state index is 0.395. The molecule has 2 rings (SSSR count). The SMILES string of the molecule is CNC(C)C(c1ccccc1)c1cc(C)ccc1C. The molecule has 1 nitrogen and oxygen atoms in total. The topological polar surface area (TPSA) is 12.0 Å². The molecule has 1 heteroatoms. The molecule has 0 saturated heterocycles. The van der Waals surface area contributed by atoms with Gasteiger partial charge in [0.2, 0.25) is 0 Å². The van der Waals surface area contributed by atoms with Gasteiger partial charge in [-0.3, -0.25) is 0 Å². The molecule has 0 bridgehead atoms. The summed E-state index contributed by atoms with van der Waals surface area (Å²) in [6.45, 7) is 6.61. The highest BCUT2D eigenvalue weighted by Gasteiger charge is 2.21. The monoisotopic (exact) mass is 253 g/mol. The molecule has 100 valence electrons. The maximum atomic E-state index is 3.41. The normalized spacial score (nSPS) is 14.1. The Bertz CT molecular complexity index is 531. The highest BCUT2D eigenvalue weighted by atomic mass is 14.9. The average Bonchev–Trinajstić information content (AvgIpc) is 2.44. The van der Waals surface area contributed by atoms with Gasteiger partial charge in [0, 0.05) is 12.0 Å². The second-order valence-corrected chi connectivity index (χ2v) is 5.33. The molecule has 2 unspecified atom stereocenters. The minimum atomic E-state index is 0.395. The van der Waals surface area contributed by atoms with Gasteiger partial charge in [0.15, 0.2) is 0 Å². The van der Waals surface area contributed by atoms with E-state index in [0.29, 0.717) is 12.0 Å². The summed E-state index contributed by atoms with van der Waals surface area (Å²) >= 11 is 0. The van der Waals surface area contributed by atoms with E-state index in [1.807, 2.05) is 7.05 Å². The molecular formula is C18H23N. The first-order valence-corrected chi connectivity index (χ1v) is 6.93. The van der Waals surface area contributed by atoms with Crippen LogP contribution in [0.25, 0.3) is 0 Å². The zero-order valence-corrected chi connectivity index (χ0v) is 12.3. The molecule has 0 heterocycles. The van der Waals surface area contributed by atoms with Gasteiger partial charge < -0.3 is 5.32 Å². The van der Waals surface area contributed by atoms with Gasteiger partial charge in [-0.1, -0.05) is 54.1 Å². The van der Waals surface area contributed by atoms with Crippen LogP contribution in [0.1, 0.15) is 35.1 Å². The molecule has 0 aliphatic carbocycles. The quantitative estimate of drug-likeness (QED) is 0.867. The molecule has 0 saturated carbocycles. The van der Waals surface area contributed by atoms with E-state index in [9.17, 15) is 0 Å². The van der Waals surface area contributed by atoms with E-state index in [1.165, 1.54) is 22.3 Å². The molecule has 2 aromatic rings. The smallest absolute Gasteiger partial charge is 0.0243 e. The molecule has 1 N–H and O–H groups in total. The molecule has 0 fully saturated rings. The van der Waals surface area contributed by atoms with Crippen molar-refractivity contribution >= 4 is 0 Å². The van der Waals surface area contributed by atoms with Crippen molar-refractivity contribution < 1.29 is 0 Å². The highest BCUT2D eigenvalue weighted by molar-refractivity contribution is 5.40. The lowest BCUT2D eigenvalue weighted by Gasteiger charge is -2.26. The Labute approximate surface area is 116 Å². The molecule has 2 aromatic carbocycles. The summed E-state index contributed by atoms with van der Waals surface area (Å²) in [6, 6.07) is 17.9. The maximum Gasteiger partial charge on any atom is 0.0243 e. The molecular weight excluding hydrogens is 230 g/mol. The average molecular weight is 253 g/mol. The lowest BCUT2D eigenvalue weighted by atomic mass is 9.83. The Morgan fingerprint density at radius 3 is 2.26 bits per heavy atom. The standard InChI is InChI=1S/C18H23N/c1-13-10-11-14(2)17(12-13)18(15(3)19-4)16-8-6-5-7-9-16/h5-12,15,18-19H,1-4H3. The lowest BCUT2D eigenvalue weighted by molar-refractivity contribution is 0.545. The fourth-order valence-electron chi connectivity index (χ4n) is 2.66. The van der Waals surface area contributed by atoms with Gasteiger partial charge in [0.25, 0.3) is 0 Å². The fraction of sp³-hybridized carbons (Fsp3) is 0.333. The van der Waals surface area contributed by atoms with Crippen LogP contribution in [0.5, 0.6) is 0 Å². The van der Waals surface area contributed by atoms with E-state index in [-0.39, 0.29) is 0 Å². The van der Waals surface area contributed by atoms with Crippen molar-refractivity contribution in [2.45, 2.75) is 32.7 Å². The second kappa shape index (κ2) is 6.03. The summed E-state index contributed by atoms with van der Waals surface area (Å²) in [5.41, 5.74) is 5.48. The van der Waals surface area contributed by atoms with Crippen LogP contribution < -0.4 is 5.32 Å². The molecule has 0 aliphatic heterocycles. The largest absolute Gasteiger partial charge is 0.316 e. The first-order chi connectivity index (χ1) is 9.13. The van der Waals surface area contributed by atoms with Gasteiger partial charge in [0.1, 0.15) is 0 Å². The Morgan fingerprint density at radius 2 is 1.63 bits per heavy atom. The van der Waals surface area contributed by atoms with Gasteiger partial charge in [-0.2, -0.15) is 0 Å². The van der Waals surface area contributed by atoms with Crippen molar-refractivity contribution in [2.24, 2.45) is 0 Å². The predicted octanol–water partition coefficient (Wildman–Crippen LogP) is 4.04. The number of aryl methyl sites for hydroxylation is 2. The molecule has 19 heavy (non-hydrogen) atoms. The number of nitrogens with one attached hydrogen (secondary N) is 1. The lowest BCUT2D eigenvalue weighted by Crippen LogP contribution is -2.30. The van der Waals surface area contributed by atoms with Crippen LogP contribution >= 0.6 is 0 Å². The van der Waals surface area contributed by atoms with Gasteiger partial charge in [-0.15, -0.1) is 0 Å². The summed E-state index contributed by atoms with van der Waals surface area (Å²) in [4.78, 5) is 0. The fourth-order valence-corrected chi connectivity index (χ4v) is 2.66. The predicted molar refractivity (Wildman–Crippen MR) is 82.7 cm³/mol. The summed E-state index contributed by atoms with van der Waals surface area (Å²) in [5, 5.41) is 3.41. The van der Waals surface area contributed by atoms with Crippen LogP contribution in [0, 0.1) is 13.8 Å². The first-order valence-electron chi connectivity index (χ1n) is 6.93. The Hall–Kier alpha value is -1.60. The third kappa shape index (κ3) is 3.05. The number of rotatable bonds is 4. The van der Waals surface area contributed by atoms with E-state index >= 15 is 0 Å². The van der Waals surface area contributed by atoms with E-state index in [0.717, 1.165) is 0 Å². The van der Waals surface area contributed by atoms with Gasteiger partial charge in [-0.25, -0.2) is 0 Å². The van der Waals surface area contributed by atoms with Crippen LogP contribution in [-0.2, 0) is 0 Å². The van der Waals surface area contributed by atoms with Crippen molar-refractivity contribution in [3.63, 3.8) is 0 Å². The van der Waals surface area contributed by atoms with Crippen molar-refractivity contribution in [2.75, 3.05) is 7.05 Å². The van der Waals surface area contributed by atoms with E-state index in [4.69, 9.17) is 0 Å². The summed E-state index contributed by atoms with van der Waals surface area (Å²) in [5.74, 6) is 0.395. The van der Waals surface area contributed by atoms with Crippen LogP contribution in [-0.4, -0.2) is 13.1 Å². The Balaban J connectivity index is 2.52. The van der Waals surface area contributed by atoms with Crippen molar-refractivity contribution in [1.82, 2.24) is 5.32 Å². The van der Waals surface area contributed by atoms with Crippen LogP contribution in [0.4, 0.5) is 0 Å². The van der Waals surface area contributed by atoms with Crippen molar-refractivity contribution in [1.29, 1.82) is 0 Å². The van der Waals surface area contributed by atoms with Crippen molar-refractivity contribution in [3.8, 4) is 0 Å². The summed E-state index contributed by atoms with van der Waals surface area (Å²) in [6.07, 6.45) is 0. The molecule has 0 aromatic heterocycles. The van der Waals surface area contributed by atoms with Gasteiger partial charge in [0.05, 0.1) is 0 Å². The Morgan fingerprint density at radius 1 is 0.947 bits per heavy atom. The van der Waals surface area contributed by atoms with Gasteiger partial charge >= 0.3 is 0 Å². The van der Waals surface area contributed by atoms with Crippen LogP contribution in [0.15, 0.2) is 48.5 Å². The molecule has 2 atom stereocenters. The zero-order valence-electron chi connectivity index (χ0n) is 12.3. The number of likely N-dealkylation sites (N-methyl/N-ethyl adjacent to an activating group) is 1. The molecule has 0 amide bonds. The summed E-state index contributed by atoms with van der Waals surface area (Å²) < 4.78 is 0. The maximum absolute atomic E-state index is 3.41. The first kappa shape index (κ1) is 13.8. The molecule has 0 aliphatic rings. The number of benzene rings is 2. The highest BCUT2D eigenvalue weighted by Crippen LogP contribution is 2.30.